The molecule has 6 rings (SSSR count). The number of anilines is 1. The standard InChI is InChI=1S/C31H26FN7O4/c32-24-12-19(14-33)4-6-23(24)30(40)37-28-3-1-2-25(35-28)20-8-10-38(11-9-20)17-29-36-26-7-5-21(31(41)42)13-27(26)39(29)16-22-15-34-18-43-22/h1-7,12-13,15,18,20H,8-11,16-17H2,(H,41,42)(H,35,37,40). The number of hydrogen-bond acceptors (Lipinski definition) is 8. The SMILES string of the molecule is N#Cc1ccc(C(=O)Nc2cccc(C3CCN(Cc4nc5ccc(C(=O)O)cc5n4Cc4cnco4)CC3)n2)c(F)c1. The predicted octanol–water partition coefficient (Wildman–Crippen LogP) is 4.81. The molecule has 0 aliphatic carbocycles. The molecule has 1 fully saturated rings. The van der Waals surface area contributed by atoms with E-state index in [1.165, 1.54) is 18.5 Å². The van der Waals surface area contributed by atoms with Crippen molar-refractivity contribution < 1.29 is 23.5 Å². The summed E-state index contributed by atoms with van der Waals surface area (Å²) < 4.78 is 21.7. The Morgan fingerprint density at radius 2 is 1.93 bits per heavy atom. The first-order valence-corrected chi connectivity index (χ1v) is 13.7. The zero-order valence-electron chi connectivity index (χ0n) is 22.9. The van der Waals surface area contributed by atoms with Crippen LogP contribution in [0.1, 0.15) is 62.3 Å². The van der Waals surface area contributed by atoms with Crippen molar-refractivity contribution in [2.45, 2.75) is 31.8 Å². The lowest BCUT2D eigenvalue weighted by atomic mass is 9.93. The van der Waals surface area contributed by atoms with Crippen LogP contribution in [-0.2, 0) is 13.1 Å². The van der Waals surface area contributed by atoms with Gasteiger partial charge in [0.2, 0.25) is 0 Å². The smallest absolute Gasteiger partial charge is 0.335 e. The Labute approximate surface area is 245 Å². The van der Waals surface area contributed by atoms with Gasteiger partial charge in [0.15, 0.2) is 6.39 Å². The van der Waals surface area contributed by atoms with Crippen molar-refractivity contribution in [2.75, 3.05) is 18.4 Å². The molecule has 0 radical (unpaired) electrons. The van der Waals surface area contributed by atoms with Gasteiger partial charge in [-0.15, -0.1) is 0 Å². The highest BCUT2D eigenvalue weighted by Crippen LogP contribution is 2.29. The van der Waals surface area contributed by atoms with Crippen LogP contribution in [0.3, 0.4) is 0 Å². The van der Waals surface area contributed by atoms with Crippen LogP contribution < -0.4 is 5.32 Å². The van der Waals surface area contributed by atoms with E-state index < -0.39 is 17.7 Å². The maximum absolute atomic E-state index is 14.3. The lowest BCUT2D eigenvalue weighted by Crippen LogP contribution is -2.33. The first kappa shape index (κ1) is 27.7. The van der Waals surface area contributed by atoms with Crippen LogP contribution in [0.4, 0.5) is 10.2 Å². The molecule has 0 unspecified atom stereocenters. The third kappa shape index (κ3) is 5.98. The Hall–Kier alpha value is -5.41. The molecule has 1 amide bonds. The Bertz CT molecular complexity index is 1850. The summed E-state index contributed by atoms with van der Waals surface area (Å²) in [5, 5.41) is 21.1. The molecule has 4 heterocycles. The number of nitriles is 1. The number of likely N-dealkylation sites (tertiary alicyclic amines) is 1. The van der Waals surface area contributed by atoms with Crippen molar-refractivity contribution >= 4 is 28.7 Å². The van der Waals surface area contributed by atoms with Crippen molar-refractivity contribution in [3.63, 3.8) is 0 Å². The van der Waals surface area contributed by atoms with Gasteiger partial charge >= 0.3 is 5.97 Å². The van der Waals surface area contributed by atoms with Crippen LogP contribution in [0.25, 0.3) is 11.0 Å². The van der Waals surface area contributed by atoms with E-state index in [1.54, 1.807) is 30.5 Å². The van der Waals surface area contributed by atoms with E-state index in [9.17, 15) is 19.1 Å². The summed E-state index contributed by atoms with van der Waals surface area (Å²) in [6, 6.07) is 15.9. The average molecular weight is 580 g/mol. The minimum absolute atomic E-state index is 0.139. The second-order valence-electron chi connectivity index (χ2n) is 10.3. The molecule has 12 heteroatoms. The summed E-state index contributed by atoms with van der Waals surface area (Å²) in [6.07, 6.45) is 4.66. The van der Waals surface area contributed by atoms with Gasteiger partial charge in [-0.1, -0.05) is 6.07 Å². The van der Waals surface area contributed by atoms with Crippen LogP contribution in [0, 0.1) is 17.1 Å². The van der Waals surface area contributed by atoms with Crippen molar-refractivity contribution in [1.29, 1.82) is 5.26 Å². The number of hydrogen-bond donors (Lipinski definition) is 2. The molecular weight excluding hydrogens is 553 g/mol. The number of amides is 1. The van der Waals surface area contributed by atoms with Gasteiger partial charge in [0.05, 0.1) is 53.1 Å². The molecule has 1 aliphatic rings. The van der Waals surface area contributed by atoms with Crippen LogP contribution >= 0.6 is 0 Å². The number of oxazole rings is 1. The minimum atomic E-state index is -1.00. The molecule has 1 saturated heterocycles. The number of rotatable bonds is 8. The summed E-state index contributed by atoms with van der Waals surface area (Å²) in [7, 11) is 0. The van der Waals surface area contributed by atoms with Crippen LogP contribution in [0.5, 0.6) is 0 Å². The number of pyridine rings is 1. The van der Waals surface area contributed by atoms with Crippen LogP contribution in [0.2, 0.25) is 0 Å². The molecule has 1 aliphatic heterocycles. The van der Waals surface area contributed by atoms with E-state index in [-0.39, 0.29) is 22.6 Å². The largest absolute Gasteiger partial charge is 0.478 e. The molecule has 0 spiro atoms. The van der Waals surface area contributed by atoms with Crippen molar-refractivity contribution in [1.82, 2.24) is 24.4 Å². The first-order valence-electron chi connectivity index (χ1n) is 13.7. The number of imidazole rings is 1. The summed E-state index contributed by atoms with van der Waals surface area (Å²) in [5.41, 5.74) is 2.43. The van der Waals surface area contributed by atoms with Crippen LogP contribution in [-0.4, -0.2) is 54.5 Å². The molecule has 5 aromatic rings. The maximum atomic E-state index is 14.3. The zero-order chi connectivity index (χ0) is 29.9. The number of nitrogens with one attached hydrogen (secondary N) is 1. The van der Waals surface area contributed by atoms with Gasteiger partial charge in [-0.25, -0.2) is 24.1 Å². The molecular formula is C31H26FN7O4. The maximum Gasteiger partial charge on any atom is 0.335 e. The third-order valence-electron chi connectivity index (χ3n) is 7.60. The highest BCUT2D eigenvalue weighted by molar-refractivity contribution is 6.04. The number of halogens is 1. The number of aromatic nitrogens is 4. The monoisotopic (exact) mass is 579 g/mol. The molecule has 43 heavy (non-hydrogen) atoms. The van der Waals surface area contributed by atoms with Gasteiger partial charge in [0.25, 0.3) is 5.91 Å². The molecule has 11 nitrogen and oxygen atoms in total. The lowest BCUT2D eigenvalue weighted by molar-refractivity contribution is 0.0696. The van der Waals surface area contributed by atoms with Gasteiger partial charge in [0.1, 0.15) is 23.2 Å². The van der Waals surface area contributed by atoms with E-state index in [4.69, 9.17) is 14.7 Å². The number of nitrogens with zero attached hydrogens (tertiary/aromatic N) is 6. The molecule has 2 aromatic carbocycles. The van der Waals surface area contributed by atoms with Gasteiger partial charge in [-0.3, -0.25) is 9.69 Å². The Morgan fingerprint density at radius 3 is 2.65 bits per heavy atom. The number of fused-ring (bicyclic) bond motifs is 1. The number of carboxylic acids is 1. The molecule has 0 atom stereocenters. The number of aromatic carboxylic acids is 1. The highest BCUT2D eigenvalue weighted by Gasteiger charge is 2.24. The Balaban J connectivity index is 1.14. The fourth-order valence-corrected chi connectivity index (χ4v) is 5.37. The van der Waals surface area contributed by atoms with Gasteiger partial charge in [-0.05, 0) is 74.5 Å². The first-order chi connectivity index (χ1) is 20.9. The quantitative estimate of drug-likeness (QED) is 0.264. The van der Waals surface area contributed by atoms with Crippen molar-refractivity contribution in [3.8, 4) is 6.07 Å². The fraction of sp³-hybridized carbons (Fsp3) is 0.226. The van der Waals surface area contributed by atoms with E-state index in [2.05, 4.69) is 20.2 Å². The number of carboxylic acid groups (broad SMARTS) is 1. The minimum Gasteiger partial charge on any atom is -0.478 e. The second-order valence-corrected chi connectivity index (χ2v) is 10.3. The molecule has 3 aromatic heterocycles. The second kappa shape index (κ2) is 11.8. The fourth-order valence-electron chi connectivity index (χ4n) is 5.37. The summed E-state index contributed by atoms with van der Waals surface area (Å²) in [5.74, 6) is -0.467. The number of benzene rings is 2. The van der Waals surface area contributed by atoms with E-state index >= 15 is 0 Å². The van der Waals surface area contributed by atoms with Gasteiger partial charge in [0, 0.05) is 11.6 Å². The van der Waals surface area contributed by atoms with E-state index in [0.717, 1.165) is 43.5 Å². The average Bonchev–Trinajstić information content (AvgIpc) is 3.65. The van der Waals surface area contributed by atoms with E-state index in [1.807, 2.05) is 22.8 Å². The molecule has 216 valence electrons. The van der Waals surface area contributed by atoms with Crippen molar-refractivity contribution in [2.24, 2.45) is 0 Å². The summed E-state index contributed by atoms with van der Waals surface area (Å²) in [4.78, 5) is 40.0. The highest BCUT2D eigenvalue weighted by atomic mass is 19.1. The third-order valence-corrected chi connectivity index (χ3v) is 7.60. The van der Waals surface area contributed by atoms with Gasteiger partial charge < -0.3 is 19.4 Å². The summed E-state index contributed by atoms with van der Waals surface area (Å²) in [6.45, 7) is 2.51. The number of piperidine rings is 1. The normalized spacial score (nSPS) is 14.0. The van der Waals surface area contributed by atoms with Crippen molar-refractivity contribution in [3.05, 3.63) is 107 Å². The summed E-state index contributed by atoms with van der Waals surface area (Å²) >= 11 is 0. The molecule has 0 bridgehead atoms. The van der Waals surface area contributed by atoms with Crippen LogP contribution in [0.15, 0.2) is 71.6 Å². The molecule has 2 N–H and O–H groups in total. The lowest BCUT2D eigenvalue weighted by Gasteiger charge is -2.31. The topological polar surface area (TPSA) is 150 Å². The van der Waals surface area contributed by atoms with Gasteiger partial charge in [-0.2, -0.15) is 5.26 Å². The predicted molar refractivity (Wildman–Crippen MR) is 153 cm³/mol. The zero-order valence-corrected chi connectivity index (χ0v) is 22.9. The molecule has 0 saturated carbocycles. The van der Waals surface area contributed by atoms with E-state index in [0.29, 0.717) is 35.7 Å². The number of carbonyl (C=O) groups is 2. The number of carbonyl (C=O) groups excluding carboxylic acids is 1. The Morgan fingerprint density at radius 1 is 1.09 bits per heavy atom. The Kier molecular flexibility index (Phi) is 7.63.